The van der Waals surface area contributed by atoms with Crippen LogP contribution in [0.15, 0.2) is 138 Å². The Morgan fingerprint density at radius 2 is 0.966 bits per heavy atom. The van der Waals surface area contributed by atoms with Gasteiger partial charge in [-0.1, -0.05) is 102 Å². The number of anilines is 6. The van der Waals surface area contributed by atoms with Crippen molar-refractivity contribution in [3.63, 3.8) is 0 Å². The van der Waals surface area contributed by atoms with Crippen LogP contribution in [-0.4, -0.2) is 0 Å². The van der Waals surface area contributed by atoms with Crippen molar-refractivity contribution in [1.82, 2.24) is 0 Å². The van der Waals surface area contributed by atoms with Crippen molar-refractivity contribution in [3.8, 4) is 11.1 Å². The molecule has 0 unspecified atom stereocenters. The summed E-state index contributed by atoms with van der Waals surface area (Å²) in [6.45, 7) is 22.4. The number of hydrogen-bond acceptors (Lipinski definition) is 3. The second-order valence-electron chi connectivity index (χ2n) is 18.7. The first-order chi connectivity index (χ1) is 27.6. The summed E-state index contributed by atoms with van der Waals surface area (Å²) in [5.74, 6) is 0. The van der Waals surface area contributed by atoms with Gasteiger partial charge in [-0.2, -0.15) is 0 Å². The molecule has 9 rings (SSSR count). The zero-order valence-corrected chi connectivity index (χ0v) is 35.7. The average Bonchev–Trinajstić information content (AvgIpc) is 3.72. The number of aryl methyl sites for hydroxylation is 4. The minimum absolute atomic E-state index is 0.0547. The van der Waals surface area contributed by atoms with E-state index in [-0.39, 0.29) is 10.8 Å². The molecule has 3 heteroatoms. The molecule has 1 aliphatic rings. The molecule has 1 aromatic heterocycles. The SMILES string of the molecule is Cc1cc(C)cc(N(c2ccc(C(C)(C)C)cc2)c2ccc3c(c2)Cc2cc(N(c4ccc(C(C)(C)C)cc4)c4cc(C)cc(C)c4)c4c(oc5ccccc54)c2-3)c1. The van der Waals surface area contributed by atoms with Crippen LogP contribution in [0.3, 0.4) is 0 Å². The summed E-state index contributed by atoms with van der Waals surface area (Å²) in [6.07, 6.45) is 0.811. The third-order valence-corrected chi connectivity index (χ3v) is 11.9. The third-order valence-electron chi connectivity index (χ3n) is 11.9. The van der Waals surface area contributed by atoms with Crippen molar-refractivity contribution in [2.24, 2.45) is 0 Å². The van der Waals surface area contributed by atoms with Crippen molar-refractivity contribution in [3.05, 3.63) is 178 Å². The molecule has 0 bridgehead atoms. The van der Waals surface area contributed by atoms with Gasteiger partial charge in [-0.15, -0.1) is 0 Å². The van der Waals surface area contributed by atoms with E-state index in [9.17, 15) is 0 Å². The van der Waals surface area contributed by atoms with Crippen LogP contribution in [0.5, 0.6) is 0 Å². The highest BCUT2D eigenvalue weighted by Gasteiger charge is 2.30. The number of rotatable bonds is 6. The molecule has 7 aromatic carbocycles. The first-order valence-electron chi connectivity index (χ1n) is 20.7. The average molecular weight is 759 g/mol. The Morgan fingerprint density at radius 3 is 1.52 bits per heavy atom. The quantitative estimate of drug-likeness (QED) is 0.168. The van der Waals surface area contributed by atoms with E-state index in [1.165, 1.54) is 61.3 Å². The van der Waals surface area contributed by atoms with Crippen molar-refractivity contribution < 1.29 is 4.42 Å². The maximum atomic E-state index is 6.97. The Balaban J connectivity index is 1.24. The Kier molecular flexibility index (Phi) is 8.93. The molecule has 290 valence electrons. The van der Waals surface area contributed by atoms with Crippen LogP contribution >= 0.6 is 0 Å². The summed E-state index contributed by atoms with van der Waals surface area (Å²) in [4.78, 5) is 4.87. The molecule has 0 fully saturated rings. The first-order valence-corrected chi connectivity index (χ1v) is 20.7. The van der Waals surface area contributed by atoms with Gasteiger partial charge in [0.2, 0.25) is 0 Å². The molecule has 0 saturated carbocycles. The minimum Gasteiger partial charge on any atom is -0.455 e. The highest BCUT2D eigenvalue weighted by molar-refractivity contribution is 6.18. The fraction of sp³-hybridized carbons (Fsp3) is 0.236. The first kappa shape index (κ1) is 37.5. The van der Waals surface area contributed by atoms with Crippen molar-refractivity contribution >= 4 is 56.1 Å². The number of nitrogens with zero attached hydrogens (tertiary/aromatic N) is 2. The third kappa shape index (κ3) is 6.67. The highest BCUT2D eigenvalue weighted by atomic mass is 16.3. The maximum absolute atomic E-state index is 6.97. The molecule has 58 heavy (non-hydrogen) atoms. The molecule has 1 aliphatic carbocycles. The number of benzene rings is 7. The summed E-state index contributed by atoms with van der Waals surface area (Å²) in [7, 11) is 0. The van der Waals surface area contributed by atoms with E-state index < -0.39 is 0 Å². The van der Waals surface area contributed by atoms with Gasteiger partial charge in [-0.05, 0) is 168 Å². The van der Waals surface area contributed by atoms with Gasteiger partial charge in [0, 0.05) is 39.4 Å². The lowest BCUT2D eigenvalue weighted by Gasteiger charge is -2.29. The molecule has 0 atom stereocenters. The van der Waals surface area contributed by atoms with Crippen molar-refractivity contribution in [1.29, 1.82) is 0 Å². The summed E-state index contributed by atoms with van der Waals surface area (Å²) >= 11 is 0. The largest absolute Gasteiger partial charge is 0.455 e. The van der Waals surface area contributed by atoms with Crippen LogP contribution in [0.1, 0.15) is 86.1 Å². The summed E-state index contributed by atoms with van der Waals surface area (Å²) in [5.41, 5.74) is 21.5. The van der Waals surface area contributed by atoms with E-state index in [1.807, 2.05) is 0 Å². The van der Waals surface area contributed by atoms with Gasteiger partial charge in [-0.25, -0.2) is 0 Å². The Morgan fingerprint density at radius 1 is 0.466 bits per heavy atom. The van der Waals surface area contributed by atoms with Gasteiger partial charge in [0.1, 0.15) is 11.2 Å². The summed E-state index contributed by atoms with van der Waals surface area (Å²) in [5, 5.41) is 2.27. The lowest BCUT2D eigenvalue weighted by atomic mass is 9.87. The number of para-hydroxylation sites is 1. The molecule has 8 aromatic rings. The monoisotopic (exact) mass is 758 g/mol. The summed E-state index contributed by atoms with van der Waals surface area (Å²) in [6, 6.07) is 50.0. The molecular weight excluding hydrogens is 705 g/mol. The van der Waals surface area contributed by atoms with E-state index in [1.54, 1.807) is 0 Å². The van der Waals surface area contributed by atoms with Crippen LogP contribution in [0.4, 0.5) is 34.1 Å². The minimum atomic E-state index is 0.0547. The topological polar surface area (TPSA) is 19.6 Å². The molecule has 0 amide bonds. The van der Waals surface area contributed by atoms with E-state index in [0.29, 0.717) is 0 Å². The zero-order chi connectivity index (χ0) is 40.7. The van der Waals surface area contributed by atoms with Crippen LogP contribution < -0.4 is 9.80 Å². The summed E-state index contributed by atoms with van der Waals surface area (Å²) < 4.78 is 6.97. The lowest BCUT2D eigenvalue weighted by Crippen LogP contribution is -2.14. The highest BCUT2D eigenvalue weighted by Crippen LogP contribution is 2.52. The molecule has 0 N–H and O–H groups in total. The van der Waals surface area contributed by atoms with Gasteiger partial charge in [0.05, 0.1) is 11.1 Å². The fourth-order valence-electron chi connectivity index (χ4n) is 9.11. The molecule has 0 saturated heterocycles. The van der Waals surface area contributed by atoms with Crippen LogP contribution in [0.2, 0.25) is 0 Å². The van der Waals surface area contributed by atoms with E-state index >= 15 is 0 Å². The standard InChI is InChI=1S/C55H54N2O/c1-34-25-35(2)28-45(27-34)56(42-19-15-40(16-20-42)54(5,6)7)44-23-24-47-38(32-44)31-39-33-49(52-48-13-11-12-14-50(48)58-53(52)51(39)47)57(46-29-36(3)26-37(4)30-46)43-21-17-41(18-22-43)55(8,9)10/h11-30,32-33H,31H2,1-10H3. The molecular formula is C55H54N2O. The zero-order valence-electron chi connectivity index (χ0n) is 35.7. The second kappa shape index (κ2) is 13.8. The van der Waals surface area contributed by atoms with Gasteiger partial charge in [0.25, 0.3) is 0 Å². The van der Waals surface area contributed by atoms with E-state index in [2.05, 4.69) is 212 Å². The van der Waals surface area contributed by atoms with Crippen molar-refractivity contribution in [2.75, 3.05) is 9.80 Å². The molecule has 0 spiro atoms. The van der Waals surface area contributed by atoms with Gasteiger partial charge >= 0.3 is 0 Å². The molecule has 1 heterocycles. The molecule has 3 nitrogen and oxygen atoms in total. The second-order valence-corrected chi connectivity index (χ2v) is 18.7. The van der Waals surface area contributed by atoms with Gasteiger partial charge in [-0.3, -0.25) is 0 Å². The molecule has 0 radical (unpaired) electrons. The Bertz CT molecular complexity index is 2820. The van der Waals surface area contributed by atoms with Gasteiger partial charge in [0.15, 0.2) is 0 Å². The predicted octanol–water partition coefficient (Wildman–Crippen LogP) is 15.9. The fourth-order valence-corrected chi connectivity index (χ4v) is 9.11. The van der Waals surface area contributed by atoms with Crippen LogP contribution in [-0.2, 0) is 17.3 Å². The number of furan rings is 1. The van der Waals surface area contributed by atoms with E-state index in [4.69, 9.17) is 4.42 Å². The Hall–Kier alpha value is -6.06. The van der Waals surface area contributed by atoms with Crippen LogP contribution in [0, 0.1) is 27.7 Å². The van der Waals surface area contributed by atoms with E-state index in [0.717, 1.165) is 56.8 Å². The number of fused-ring (bicyclic) bond motifs is 7. The Labute approximate surface area is 344 Å². The maximum Gasteiger partial charge on any atom is 0.145 e. The lowest BCUT2D eigenvalue weighted by molar-refractivity contribution is 0.590. The predicted molar refractivity (Wildman–Crippen MR) is 248 cm³/mol. The van der Waals surface area contributed by atoms with Gasteiger partial charge < -0.3 is 14.2 Å². The molecule has 0 aliphatic heterocycles. The number of hydrogen-bond donors (Lipinski definition) is 0. The van der Waals surface area contributed by atoms with Crippen molar-refractivity contribution in [2.45, 2.75) is 86.5 Å². The smallest absolute Gasteiger partial charge is 0.145 e. The normalized spacial score (nSPS) is 12.6. The van der Waals surface area contributed by atoms with Crippen LogP contribution in [0.25, 0.3) is 33.1 Å².